The number of halogens is 1. The number of H-pyrrole nitrogens is 1. The van der Waals surface area contributed by atoms with Crippen LogP contribution in [0.25, 0.3) is 11.4 Å². The van der Waals surface area contributed by atoms with E-state index in [1.54, 1.807) is 4.90 Å². The molecule has 0 bridgehead atoms. The van der Waals surface area contributed by atoms with Gasteiger partial charge in [0.25, 0.3) is 0 Å². The van der Waals surface area contributed by atoms with Crippen molar-refractivity contribution in [3.05, 3.63) is 58.8 Å². The Bertz CT molecular complexity index is 1050. The van der Waals surface area contributed by atoms with E-state index >= 15 is 0 Å². The zero-order valence-corrected chi connectivity index (χ0v) is 16.7. The van der Waals surface area contributed by atoms with E-state index in [1.165, 1.54) is 0 Å². The predicted octanol–water partition coefficient (Wildman–Crippen LogP) is 3.53. The average Bonchev–Trinajstić information content (AvgIpc) is 3.28. The monoisotopic (exact) mass is 439 g/mol. The number of hydrogen-bond acceptors (Lipinski definition) is 4. The minimum atomic E-state index is -0.408. The molecular formula is C20H18BrN5O2. The number of carbonyl (C=O) groups excluding carboxylic acids is 2. The fourth-order valence-electron chi connectivity index (χ4n) is 3.24. The number of hydrogen-bond donors (Lipinski definition) is 2. The summed E-state index contributed by atoms with van der Waals surface area (Å²) in [7, 11) is 0. The van der Waals surface area contributed by atoms with Gasteiger partial charge in [-0.3, -0.25) is 14.7 Å². The van der Waals surface area contributed by atoms with E-state index < -0.39 is 5.92 Å². The Morgan fingerprint density at radius 2 is 2.07 bits per heavy atom. The molecule has 2 aromatic carbocycles. The highest BCUT2D eigenvalue weighted by atomic mass is 79.9. The number of aromatic nitrogens is 3. The average molecular weight is 440 g/mol. The molecule has 1 aliphatic rings. The third-order valence-corrected chi connectivity index (χ3v) is 5.30. The summed E-state index contributed by atoms with van der Waals surface area (Å²) in [6, 6.07) is 14.9. The molecule has 1 fully saturated rings. The molecule has 3 aromatic rings. The van der Waals surface area contributed by atoms with Crippen LogP contribution in [0, 0.1) is 12.8 Å². The summed E-state index contributed by atoms with van der Waals surface area (Å²) in [4.78, 5) is 31.1. The second kappa shape index (κ2) is 7.55. The Balaban J connectivity index is 1.47. The first-order valence-electron chi connectivity index (χ1n) is 8.86. The molecule has 1 atom stereocenters. The summed E-state index contributed by atoms with van der Waals surface area (Å²) in [6.07, 6.45) is 0.187. The van der Waals surface area contributed by atoms with Crippen molar-refractivity contribution in [3.8, 4) is 11.4 Å². The molecule has 0 radical (unpaired) electrons. The van der Waals surface area contributed by atoms with Crippen LogP contribution in [0.1, 0.15) is 12.2 Å². The fourth-order valence-corrected chi connectivity index (χ4v) is 3.74. The number of para-hydroxylation sites is 1. The van der Waals surface area contributed by atoms with Crippen LogP contribution in [0.3, 0.4) is 0 Å². The summed E-state index contributed by atoms with van der Waals surface area (Å²) in [5.74, 6) is 0.656. The number of aromatic amines is 1. The van der Waals surface area contributed by atoms with Crippen LogP contribution in [-0.4, -0.2) is 33.5 Å². The maximum Gasteiger partial charge on any atom is 0.229 e. The van der Waals surface area contributed by atoms with E-state index in [0.717, 1.165) is 21.5 Å². The lowest BCUT2D eigenvalue weighted by molar-refractivity contribution is -0.122. The van der Waals surface area contributed by atoms with Crippen molar-refractivity contribution < 1.29 is 9.59 Å². The first kappa shape index (κ1) is 18.4. The summed E-state index contributed by atoms with van der Waals surface area (Å²) in [5, 5.41) is 9.86. The van der Waals surface area contributed by atoms with Gasteiger partial charge in [0, 0.05) is 28.7 Å². The third kappa shape index (κ3) is 3.68. The molecule has 28 heavy (non-hydrogen) atoms. The Kier molecular flexibility index (Phi) is 4.95. The van der Waals surface area contributed by atoms with Crippen LogP contribution < -0.4 is 10.2 Å². The van der Waals surface area contributed by atoms with Gasteiger partial charge in [0.1, 0.15) is 5.82 Å². The first-order chi connectivity index (χ1) is 13.5. The highest BCUT2D eigenvalue weighted by Gasteiger charge is 2.35. The summed E-state index contributed by atoms with van der Waals surface area (Å²) >= 11 is 3.47. The van der Waals surface area contributed by atoms with E-state index in [4.69, 9.17) is 0 Å². The molecule has 142 valence electrons. The van der Waals surface area contributed by atoms with E-state index in [9.17, 15) is 9.59 Å². The van der Waals surface area contributed by atoms with Gasteiger partial charge in [-0.1, -0.05) is 24.3 Å². The smallest absolute Gasteiger partial charge is 0.229 e. The zero-order chi connectivity index (χ0) is 19.7. The number of carbonyl (C=O) groups is 2. The van der Waals surface area contributed by atoms with Gasteiger partial charge >= 0.3 is 0 Å². The molecule has 0 aliphatic carbocycles. The van der Waals surface area contributed by atoms with E-state index in [0.29, 0.717) is 18.1 Å². The molecule has 0 spiro atoms. The van der Waals surface area contributed by atoms with Gasteiger partial charge in [-0.05, 0) is 47.1 Å². The van der Waals surface area contributed by atoms with Gasteiger partial charge in [-0.15, -0.1) is 0 Å². The summed E-state index contributed by atoms with van der Waals surface area (Å²) in [5.41, 5.74) is 2.24. The summed E-state index contributed by atoms with van der Waals surface area (Å²) < 4.78 is 0.832. The zero-order valence-electron chi connectivity index (χ0n) is 15.1. The number of amides is 2. The van der Waals surface area contributed by atoms with Crippen LogP contribution in [0.4, 0.5) is 11.4 Å². The molecule has 0 saturated carbocycles. The van der Waals surface area contributed by atoms with Crippen LogP contribution in [-0.2, 0) is 9.59 Å². The van der Waals surface area contributed by atoms with Gasteiger partial charge in [0.2, 0.25) is 11.8 Å². The van der Waals surface area contributed by atoms with E-state index in [1.807, 2.05) is 55.5 Å². The number of rotatable bonds is 4. The minimum absolute atomic E-state index is 0.0583. The van der Waals surface area contributed by atoms with Crippen LogP contribution in [0.15, 0.2) is 53.0 Å². The van der Waals surface area contributed by atoms with Gasteiger partial charge < -0.3 is 10.2 Å². The van der Waals surface area contributed by atoms with Crippen molar-refractivity contribution in [3.63, 3.8) is 0 Å². The molecule has 2 amide bonds. The number of nitrogens with one attached hydrogen (secondary N) is 2. The van der Waals surface area contributed by atoms with Crippen molar-refractivity contribution in [2.24, 2.45) is 5.92 Å². The topological polar surface area (TPSA) is 91.0 Å². The largest absolute Gasteiger partial charge is 0.326 e. The van der Waals surface area contributed by atoms with Gasteiger partial charge in [0.05, 0.1) is 11.6 Å². The lowest BCUT2D eigenvalue weighted by Crippen LogP contribution is -2.28. The minimum Gasteiger partial charge on any atom is -0.326 e. The van der Waals surface area contributed by atoms with Crippen LogP contribution >= 0.6 is 15.9 Å². The highest BCUT2D eigenvalue weighted by molar-refractivity contribution is 9.10. The quantitative estimate of drug-likeness (QED) is 0.650. The standard InChI is InChI=1S/C20H18BrN5O2/c1-12-22-19(25-24-12)13-5-4-6-15(9-13)23-20(28)14-10-18(27)26(11-14)17-8-3-2-7-16(17)21/h2-9,14H,10-11H2,1H3,(H,23,28)(H,22,24,25). The normalized spacial score (nSPS) is 16.4. The molecule has 2 heterocycles. The molecular weight excluding hydrogens is 422 g/mol. The second-order valence-electron chi connectivity index (χ2n) is 6.67. The second-order valence-corrected chi connectivity index (χ2v) is 7.53. The fraction of sp³-hybridized carbons (Fsp3) is 0.200. The molecule has 8 heteroatoms. The molecule has 1 unspecified atom stereocenters. The van der Waals surface area contributed by atoms with Crippen LogP contribution in [0.2, 0.25) is 0 Å². The van der Waals surface area contributed by atoms with Gasteiger partial charge in [-0.25, -0.2) is 4.98 Å². The van der Waals surface area contributed by atoms with Crippen molar-refractivity contribution in [2.45, 2.75) is 13.3 Å². The molecule has 1 aromatic heterocycles. The maximum atomic E-state index is 12.7. The Morgan fingerprint density at radius 3 is 2.82 bits per heavy atom. The summed E-state index contributed by atoms with van der Waals surface area (Å²) in [6.45, 7) is 2.18. The van der Waals surface area contributed by atoms with Crippen molar-refractivity contribution in [2.75, 3.05) is 16.8 Å². The SMILES string of the molecule is Cc1nc(-c2cccc(NC(=O)C3CC(=O)N(c4ccccc4Br)C3)c2)n[nH]1. The maximum absolute atomic E-state index is 12.7. The van der Waals surface area contributed by atoms with Gasteiger partial charge in [0.15, 0.2) is 5.82 Å². The molecule has 1 aliphatic heterocycles. The van der Waals surface area contributed by atoms with Crippen molar-refractivity contribution in [1.82, 2.24) is 15.2 Å². The Hall–Kier alpha value is -3.00. The number of benzene rings is 2. The Morgan fingerprint density at radius 1 is 1.25 bits per heavy atom. The van der Waals surface area contributed by atoms with E-state index in [2.05, 4.69) is 36.4 Å². The lowest BCUT2D eigenvalue weighted by Gasteiger charge is -2.18. The van der Waals surface area contributed by atoms with E-state index in [-0.39, 0.29) is 18.2 Å². The first-order valence-corrected chi connectivity index (χ1v) is 9.66. The molecule has 2 N–H and O–H groups in total. The predicted molar refractivity (Wildman–Crippen MR) is 110 cm³/mol. The molecule has 4 rings (SSSR count). The van der Waals surface area contributed by atoms with Crippen LogP contribution in [0.5, 0.6) is 0 Å². The molecule has 7 nitrogen and oxygen atoms in total. The van der Waals surface area contributed by atoms with Crippen molar-refractivity contribution >= 4 is 39.1 Å². The number of anilines is 2. The highest BCUT2D eigenvalue weighted by Crippen LogP contribution is 2.31. The number of aryl methyl sites for hydroxylation is 1. The molecule has 1 saturated heterocycles. The van der Waals surface area contributed by atoms with Gasteiger partial charge in [-0.2, -0.15) is 5.10 Å². The third-order valence-electron chi connectivity index (χ3n) is 4.62. The van der Waals surface area contributed by atoms with Crippen molar-refractivity contribution in [1.29, 1.82) is 0 Å². The Labute approximate surface area is 170 Å². The number of nitrogens with zero attached hydrogens (tertiary/aromatic N) is 3. The lowest BCUT2D eigenvalue weighted by atomic mass is 10.1.